The molecule has 0 spiro atoms. The molecule has 1 heterocycles. The molecule has 23 heavy (non-hydrogen) atoms. The first-order valence-electron chi connectivity index (χ1n) is 6.79. The molecule has 3 rings (SSSR count). The van der Waals surface area contributed by atoms with E-state index in [1.165, 1.54) is 23.0 Å². The fourth-order valence-electron chi connectivity index (χ4n) is 2.04. The normalized spacial score (nSPS) is 10.6. The highest BCUT2D eigenvalue weighted by Gasteiger charge is 2.13. The van der Waals surface area contributed by atoms with Crippen molar-refractivity contribution < 1.29 is 9.18 Å². The Morgan fingerprint density at radius 2 is 2.09 bits per heavy atom. The highest BCUT2D eigenvalue weighted by atomic mass is 35.5. The lowest BCUT2D eigenvalue weighted by Gasteiger charge is -2.05. The topological polar surface area (TPSA) is 59.8 Å². The molecule has 116 valence electrons. The van der Waals surface area contributed by atoms with Crippen LogP contribution in [-0.2, 0) is 0 Å². The molecule has 0 saturated carbocycles. The number of nitrogens with zero attached hydrogens (tertiary/aromatic N) is 3. The minimum absolute atomic E-state index is 0.115. The molecule has 0 aliphatic rings. The van der Waals surface area contributed by atoms with Crippen LogP contribution in [0.15, 0.2) is 48.7 Å². The largest absolute Gasteiger partial charge is 0.319 e. The van der Waals surface area contributed by atoms with Crippen LogP contribution in [0.4, 0.5) is 10.1 Å². The molecule has 7 heteroatoms. The van der Waals surface area contributed by atoms with Crippen molar-refractivity contribution >= 4 is 23.2 Å². The van der Waals surface area contributed by atoms with E-state index in [2.05, 4.69) is 15.6 Å². The van der Waals surface area contributed by atoms with Gasteiger partial charge in [-0.05, 0) is 42.8 Å². The van der Waals surface area contributed by atoms with Crippen molar-refractivity contribution in [1.82, 2.24) is 15.0 Å². The molecule has 0 aliphatic heterocycles. The number of carbonyl (C=O) groups is 1. The van der Waals surface area contributed by atoms with Gasteiger partial charge in [0.15, 0.2) is 5.69 Å². The predicted molar refractivity (Wildman–Crippen MR) is 85.5 cm³/mol. The van der Waals surface area contributed by atoms with Crippen LogP contribution in [0.25, 0.3) is 5.69 Å². The molecule has 0 aliphatic carbocycles. The van der Waals surface area contributed by atoms with Gasteiger partial charge in [-0.2, -0.15) is 0 Å². The van der Waals surface area contributed by atoms with Gasteiger partial charge in [-0.1, -0.05) is 28.9 Å². The lowest BCUT2D eigenvalue weighted by molar-refractivity contribution is 0.102. The summed E-state index contributed by atoms with van der Waals surface area (Å²) in [6.07, 6.45) is 1.52. The van der Waals surface area contributed by atoms with Crippen LogP contribution < -0.4 is 5.32 Å². The number of aryl methyl sites for hydroxylation is 1. The van der Waals surface area contributed by atoms with E-state index >= 15 is 0 Å². The molecule has 0 bridgehead atoms. The highest BCUT2D eigenvalue weighted by molar-refractivity contribution is 6.33. The molecule has 0 saturated heterocycles. The van der Waals surface area contributed by atoms with Crippen LogP contribution in [0.2, 0.25) is 5.02 Å². The van der Waals surface area contributed by atoms with Crippen LogP contribution in [0.3, 0.4) is 0 Å². The fraction of sp³-hybridized carbons (Fsp3) is 0.0625. The highest BCUT2D eigenvalue weighted by Crippen LogP contribution is 2.22. The molecule has 0 unspecified atom stereocenters. The van der Waals surface area contributed by atoms with Gasteiger partial charge in [-0.25, -0.2) is 9.07 Å². The standard InChI is InChI=1S/C16H12ClFN4O/c1-10-3-2-4-12(7-10)22-9-15(20-21-22)16(23)19-14-6-5-11(18)8-13(14)17/h2-9H,1H3,(H,19,23). The molecule has 3 aromatic rings. The van der Waals surface area contributed by atoms with E-state index in [1.807, 2.05) is 31.2 Å². The average Bonchev–Trinajstić information content (AvgIpc) is 3.00. The van der Waals surface area contributed by atoms with Crippen LogP contribution in [0, 0.1) is 12.7 Å². The van der Waals surface area contributed by atoms with Crippen LogP contribution >= 0.6 is 11.6 Å². The summed E-state index contributed by atoms with van der Waals surface area (Å²) in [5.41, 5.74) is 2.31. The number of anilines is 1. The lowest BCUT2D eigenvalue weighted by Crippen LogP contribution is -2.12. The third-order valence-corrected chi connectivity index (χ3v) is 3.48. The van der Waals surface area contributed by atoms with Gasteiger partial charge in [-0.15, -0.1) is 5.10 Å². The molecule has 0 fully saturated rings. The van der Waals surface area contributed by atoms with Crippen molar-refractivity contribution in [3.63, 3.8) is 0 Å². The number of amides is 1. The zero-order chi connectivity index (χ0) is 16.4. The maximum atomic E-state index is 13.0. The smallest absolute Gasteiger partial charge is 0.277 e. The summed E-state index contributed by atoms with van der Waals surface area (Å²) < 4.78 is 14.5. The Morgan fingerprint density at radius 1 is 1.26 bits per heavy atom. The van der Waals surface area contributed by atoms with Gasteiger partial charge in [0.1, 0.15) is 5.82 Å². The molecule has 0 atom stereocenters. The van der Waals surface area contributed by atoms with E-state index in [4.69, 9.17) is 11.6 Å². The lowest BCUT2D eigenvalue weighted by atomic mass is 10.2. The molecule has 1 aromatic heterocycles. The third kappa shape index (κ3) is 3.37. The Labute approximate surface area is 136 Å². The summed E-state index contributed by atoms with van der Waals surface area (Å²) in [4.78, 5) is 12.2. The molecule has 1 N–H and O–H groups in total. The van der Waals surface area contributed by atoms with Crippen molar-refractivity contribution in [2.45, 2.75) is 6.92 Å². The Morgan fingerprint density at radius 3 is 2.83 bits per heavy atom. The molecular formula is C16H12ClFN4O. The van der Waals surface area contributed by atoms with E-state index < -0.39 is 11.7 Å². The van der Waals surface area contributed by atoms with Crippen molar-refractivity contribution in [1.29, 1.82) is 0 Å². The first-order chi connectivity index (χ1) is 11.0. The Bertz CT molecular complexity index is 878. The van der Waals surface area contributed by atoms with E-state index in [1.54, 1.807) is 0 Å². The van der Waals surface area contributed by atoms with Gasteiger partial charge in [-0.3, -0.25) is 4.79 Å². The molecule has 5 nitrogen and oxygen atoms in total. The summed E-state index contributed by atoms with van der Waals surface area (Å²) in [6.45, 7) is 1.96. The van der Waals surface area contributed by atoms with E-state index in [9.17, 15) is 9.18 Å². The first kappa shape index (κ1) is 15.2. The molecule has 0 radical (unpaired) electrons. The van der Waals surface area contributed by atoms with Gasteiger partial charge in [0, 0.05) is 0 Å². The van der Waals surface area contributed by atoms with E-state index in [-0.39, 0.29) is 10.7 Å². The number of hydrogen-bond donors (Lipinski definition) is 1. The van der Waals surface area contributed by atoms with E-state index in [0.29, 0.717) is 5.69 Å². The maximum Gasteiger partial charge on any atom is 0.277 e. The molecule has 2 aromatic carbocycles. The summed E-state index contributed by atoms with van der Waals surface area (Å²) >= 11 is 5.88. The van der Waals surface area contributed by atoms with E-state index in [0.717, 1.165) is 17.3 Å². The fourth-order valence-corrected chi connectivity index (χ4v) is 2.26. The predicted octanol–water partition coefficient (Wildman–Crippen LogP) is 3.62. The summed E-state index contributed by atoms with van der Waals surface area (Å²) in [5.74, 6) is -0.948. The van der Waals surface area contributed by atoms with Crippen molar-refractivity contribution in [2.75, 3.05) is 5.32 Å². The Hall–Kier alpha value is -2.73. The number of aromatic nitrogens is 3. The second kappa shape index (κ2) is 6.18. The van der Waals surface area contributed by atoms with Gasteiger partial charge in [0.25, 0.3) is 5.91 Å². The van der Waals surface area contributed by atoms with Gasteiger partial charge >= 0.3 is 0 Å². The summed E-state index contributed by atoms with van der Waals surface area (Å²) in [7, 11) is 0. The molecule has 1 amide bonds. The SMILES string of the molecule is Cc1cccc(-n2cc(C(=O)Nc3ccc(F)cc3Cl)nn2)c1. The summed E-state index contributed by atoms with van der Waals surface area (Å²) in [6, 6.07) is 11.4. The van der Waals surface area contributed by atoms with Crippen molar-refractivity contribution in [3.8, 4) is 5.69 Å². The number of halogens is 2. The Kier molecular flexibility index (Phi) is 4.08. The second-order valence-corrected chi connectivity index (χ2v) is 5.37. The third-order valence-electron chi connectivity index (χ3n) is 3.17. The number of carbonyl (C=O) groups excluding carboxylic acids is 1. The number of rotatable bonds is 3. The van der Waals surface area contributed by atoms with Crippen molar-refractivity contribution in [2.24, 2.45) is 0 Å². The first-order valence-corrected chi connectivity index (χ1v) is 7.16. The van der Waals surface area contributed by atoms with Gasteiger partial charge in [0.2, 0.25) is 0 Å². The maximum absolute atomic E-state index is 13.0. The zero-order valence-corrected chi connectivity index (χ0v) is 12.9. The van der Waals surface area contributed by atoms with Crippen LogP contribution in [0.5, 0.6) is 0 Å². The van der Waals surface area contributed by atoms with Gasteiger partial charge < -0.3 is 5.32 Å². The quantitative estimate of drug-likeness (QED) is 0.798. The number of nitrogens with one attached hydrogen (secondary N) is 1. The van der Waals surface area contributed by atoms with Crippen molar-refractivity contribution in [3.05, 3.63) is 70.8 Å². The second-order valence-electron chi connectivity index (χ2n) is 4.97. The van der Waals surface area contributed by atoms with Crippen LogP contribution in [-0.4, -0.2) is 20.9 Å². The average molecular weight is 331 g/mol. The van der Waals surface area contributed by atoms with Crippen LogP contribution in [0.1, 0.15) is 16.1 Å². The zero-order valence-electron chi connectivity index (χ0n) is 12.1. The molecular weight excluding hydrogens is 319 g/mol. The minimum Gasteiger partial charge on any atom is -0.319 e. The number of benzene rings is 2. The minimum atomic E-state index is -0.475. The summed E-state index contributed by atoms with van der Waals surface area (Å²) in [5, 5.41) is 10.5. The Balaban J connectivity index is 1.81. The number of hydrogen-bond acceptors (Lipinski definition) is 3. The van der Waals surface area contributed by atoms with Gasteiger partial charge in [0.05, 0.1) is 22.6 Å². The monoisotopic (exact) mass is 330 g/mol.